The number of hydrogen-bond acceptors (Lipinski definition) is 4. The topological polar surface area (TPSA) is 78.0 Å². The van der Waals surface area contributed by atoms with Crippen molar-refractivity contribution >= 4 is 17.6 Å². The fourth-order valence-electron chi connectivity index (χ4n) is 3.26. The number of benzene rings is 1. The molecule has 1 aliphatic heterocycles. The maximum absolute atomic E-state index is 11.2. The molecule has 1 amide bonds. The Labute approximate surface area is 168 Å². The number of nitrogens with one attached hydrogen (secondary N) is 3. The van der Waals surface area contributed by atoms with Gasteiger partial charge in [0, 0.05) is 45.3 Å². The molecule has 1 aliphatic rings. The average Bonchev–Trinajstić information content (AvgIpc) is 2.63. The maximum atomic E-state index is 11.2. The molecular formula is C21H35N5O2. The average molecular weight is 390 g/mol. The van der Waals surface area contributed by atoms with Crippen molar-refractivity contribution in [1.29, 1.82) is 0 Å². The van der Waals surface area contributed by atoms with Gasteiger partial charge in [-0.05, 0) is 30.5 Å². The zero-order chi connectivity index (χ0) is 20.4. The van der Waals surface area contributed by atoms with Gasteiger partial charge >= 0.3 is 0 Å². The highest BCUT2D eigenvalue weighted by molar-refractivity contribution is 5.88. The zero-order valence-corrected chi connectivity index (χ0v) is 17.6. The number of morpholine rings is 1. The maximum Gasteiger partial charge on any atom is 0.221 e. The van der Waals surface area contributed by atoms with Crippen molar-refractivity contribution in [3.05, 3.63) is 29.8 Å². The highest BCUT2D eigenvalue weighted by atomic mass is 16.5. The first kappa shape index (κ1) is 22.2. The Morgan fingerprint density at radius 1 is 1.36 bits per heavy atom. The van der Waals surface area contributed by atoms with Gasteiger partial charge < -0.3 is 20.7 Å². The van der Waals surface area contributed by atoms with Crippen LogP contribution in [0.2, 0.25) is 0 Å². The minimum absolute atomic E-state index is 0.0744. The Morgan fingerprint density at radius 2 is 2.18 bits per heavy atom. The van der Waals surface area contributed by atoms with Crippen molar-refractivity contribution < 1.29 is 9.53 Å². The summed E-state index contributed by atoms with van der Waals surface area (Å²) in [6, 6.07) is 7.76. The van der Waals surface area contributed by atoms with Gasteiger partial charge in [-0.1, -0.05) is 26.0 Å². The lowest BCUT2D eigenvalue weighted by Crippen LogP contribution is -2.50. The summed E-state index contributed by atoms with van der Waals surface area (Å²) in [7, 11) is 0. The summed E-state index contributed by atoms with van der Waals surface area (Å²) in [4.78, 5) is 18.4. The lowest BCUT2D eigenvalue weighted by molar-refractivity contribution is -0.114. The molecule has 7 heteroatoms. The highest BCUT2D eigenvalue weighted by Crippen LogP contribution is 2.11. The molecule has 1 fully saturated rings. The Morgan fingerprint density at radius 3 is 2.89 bits per heavy atom. The van der Waals surface area contributed by atoms with Gasteiger partial charge in [0.1, 0.15) is 0 Å². The predicted molar refractivity (Wildman–Crippen MR) is 115 cm³/mol. The molecule has 0 aliphatic carbocycles. The summed E-state index contributed by atoms with van der Waals surface area (Å²) < 4.78 is 5.91. The van der Waals surface area contributed by atoms with Crippen molar-refractivity contribution in [2.75, 3.05) is 44.6 Å². The summed E-state index contributed by atoms with van der Waals surface area (Å²) in [5.74, 6) is 1.37. The fourth-order valence-corrected chi connectivity index (χ4v) is 3.26. The molecule has 1 aromatic rings. The van der Waals surface area contributed by atoms with E-state index in [2.05, 4.69) is 46.6 Å². The molecule has 28 heavy (non-hydrogen) atoms. The van der Waals surface area contributed by atoms with Gasteiger partial charge in [0.25, 0.3) is 0 Å². The number of aliphatic imine (C=N–C) groups is 1. The first-order valence-corrected chi connectivity index (χ1v) is 10.2. The number of carbonyl (C=O) groups excluding carboxylic acids is 1. The van der Waals surface area contributed by atoms with Crippen LogP contribution < -0.4 is 16.0 Å². The van der Waals surface area contributed by atoms with Crippen LogP contribution in [0, 0.1) is 5.92 Å². The minimum Gasteiger partial charge on any atom is -0.374 e. The molecule has 1 aromatic carbocycles. The van der Waals surface area contributed by atoms with Crippen molar-refractivity contribution in [3.8, 4) is 0 Å². The van der Waals surface area contributed by atoms with Crippen LogP contribution in [0.4, 0.5) is 5.69 Å². The molecule has 3 N–H and O–H groups in total. The normalized spacial score (nSPS) is 18.2. The van der Waals surface area contributed by atoms with Crippen LogP contribution in [-0.4, -0.2) is 62.2 Å². The van der Waals surface area contributed by atoms with Crippen molar-refractivity contribution in [2.24, 2.45) is 10.9 Å². The number of nitrogens with zero attached hydrogens (tertiary/aromatic N) is 2. The molecular weight excluding hydrogens is 354 g/mol. The van der Waals surface area contributed by atoms with Crippen LogP contribution in [0.15, 0.2) is 29.3 Å². The molecule has 0 bridgehead atoms. The summed E-state index contributed by atoms with van der Waals surface area (Å²) in [6.07, 6.45) is 0.166. The van der Waals surface area contributed by atoms with Gasteiger partial charge in [-0.2, -0.15) is 0 Å². The van der Waals surface area contributed by atoms with Crippen molar-refractivity contribution in [2.45, 2.75) is 40.3 Å². The smallest absolute Gasteiger partial charge is 0.221 e. The van der Waals surface area contributed by atoms with Crippen LogP contribution >= 0.6 is 0 Å². The Hall–Kier alpha value is -2.12. The molecule has 0 saturated carbocycles. The van der Waals surface area contributed by atoms with E-state index in [0.29, 0.717) is 12.5 Å². The first-order valence-electron chi connectivity index (χ1n) is 10.2. The van der Waals surface area contributed by atoms with E-state index in [1.807, 2.05) is 24.3 Å². The second-order valence-corrected chi connectivity index (χ2v) is 7.60. The van der Waals surface area contributed by atoms with Crippen LogP contribution in [0.1, 0.15) is 33.3 Å². The molecule has 1 saturated heterocycles. The van der Waals surface area contributed by atoms with E-state index in [1.165, 1.54) is 6.92 Å². The van der Waals surface area contributed by atoms with Gasteiger partial charge in [-0.25, -0.2) is 4.99 Å². The lowest BCUT2D eigenvalue weighted by atomic mass is 10.2. The summed E-state index contributed by atoms with van der Waals surface area (Å²) in [5, 5.41) is 9.49. The highest BCUT2D eigenvalue weighted by Gasteiger charge is 2.21. The molecule has 7 nitrogen and oxygen atoms in total. The molecule has 0 spiro atoms. The molecule has 1 unspecified atom stereocenters. The third kappa shape index (κ3) is 8.27. The SMILES string of the molecule is CCNC(=NCc1cccc(NC(C)=O)c1)NCC1CN(CC(C)C)CCO1. The largest absolute Gasteiger partial charge is 0.374 e. The van der Waals surface area contributed by atoms with Crippen molar-refractivity contribution in [1.82, 2.24) is 15.5 Å². The molecule has 1 atom stereocenters. The summed E-state index contributed by atoms with van der Waals surface area (Å²) >= 11 is 0. The number of carbonyl (C=O) groups is 1. The fraction of sp³-hybridized carbons (Fsp3) is 0.619. The van der Waals surface area contributed by atoms with E-state index in [0.717, 1.165) is 56.5 Å². The predicted octanol–water partition coefficient (Wildman–Crippen LogP) is 2.06. The summed E-state index contributed by atoms with van der Waals surface area (Å²) in [6.45, 7) is 14.0. The van der Waals surface area contributed by atoms with Gasteiger partial charge in [0.05, 0.1) is 19.3 Å². The van der Waals surface area contributed by atoms with Crippen molar-refractivity contribution in [3.63, 3.8) is 0 Å². The second-order valence-electron chi connectivity index (χ2n) is 7.60. The number of rotatable bonds is 8. The lowest BCUT2D eigenvalue weighted by Gasteiger charge is -2.34. The van der Waals surface area contributed by atoms with Crippen LogP contribution in [0.3, 0.4) is 0 Å². The van der Waals surface area contributed by atoms with Gasteiger partial charge in [0.15, 0.2) is 5.96 Å². The van der Waals surface area contributed by atoms with E-state index < -0.39 is 0 Å². The minimum atomic E-state index is -0.0744. The standard InChI is InChI=1S/C21H35N5O2/c1-5-22-21(23-12-18-7-6-8-19(11-18)25-17(4)27)24-13-20-15-26(9-10-28-20)14-16(2)3/h6-8,11,16,20H,5,9-10,12-15H2,1-4H3,(H,25,27)(H2,22,23,24). The third-order valence-electron chi connectivity index (χ3n) is 4.35. The zero-order valence-electron chi connectivity index (χ0n) is 17.6. The first-order chi connectivity index (χ1) is 13.5. The Bertz CT molecular complexity index is 647. The van der Waals surface area contributed by atoms with Crippen LogP contribution in [0.5, 0.6) is 0 Å². The van der Waals surface area contributed by atoms with Gasteiger partial charge in [0.2, 0.25) is 5.91 Å². The molecule has 1 heterocycles. The van der Waals surface area contributed by atoms with Gasteiger partial charge in [-0.3, -0.25) is 9.69 Å². The summed E-state index contributed by atoms with van der Waals surface area (Å²) in [5.41, 5.74) is 1.83. The molecule has 2 rings (SSSR count). The van der Waals surface area contributed by atoms with E-state index >= 15 is 0 Å². The Kier molecular flexibility index (Phi) is 9.23. The van der Waals surface area contributed by atoms with E-state index in [9.17, 15) is 4.79 Å². The molecule has 0 aromatic heterocycles. The molecule has 156 valence electrons. The van der Waals surface area contributed by atoms with E-state index in [4.69, 9.17) is 4.74 Å². The number of anilines is 1. The number of guanidine groups is 1. The number of ether oxygens (including phenoxy) is 1. The van der Waals surface area contributed by atoms with E-state index in [1.54, 1.807) is 0 Å². The number of amides is 1. The van der Waals surface area contributed by atoms with E-state index in [-0.39, 0.29) is 12.0 Å². The molecule has 0 radical (unpaired) electrons. The quantitative estimate of drug-likeness (QED) is 0.469. The number of hydrogen-bond donors (Lipinski definition) is 3. The third-order valence-corrected chi connectivity index (χ3v) is 4.35. The van der Waals surface area contributed by atoms with Gasteiger partial charge in [-0.15, -0.1) is 0 Å². The second kappa shape index (κ2) is 11.7. The monoisotopic (exact) mass is 389 g/mol. The van der Waals surface area contributed by atoms with Crippen LogP contribution in [-0.2, 0) is 16.1 Å². The van der Waals surface area contributed by atoms with Crippen LogP contribution in [0.25, 0.3) is 0 Å². The Balaban J connectivity index is 1.89.